The van der Waals surface area contributed by atoms with Crippen LogP contribution in [0.2, 0.25) is 0 Å². The predicted octanol–water partition coefficient (Wildman–Crippen LogP) is 4.33. The Morgan fingerprint density at radius 3 is 2.76 bits per heavy atom. The van der Waals surface area contributed by atoms with E-state index in [2.05, 4.69) is 12.3 Å². The minimum atomic E-state index is -0.466. The lowest BCUT2D eigenvalue weighted by Gasteiger charge is -2.25. The largest absolute Gasteiger partial charge is 0.388 e. The van der Waals surface area contributed by atoms with Gasteiger partial charge in [0.1, 0.15) is 5.01 Å². The first-order valence-electron chi connectivity index (χ1n) is 7.14. The highest BCUT2D eigenvalue weighted by Crippen LogP contribution is 2.43. The van der Waals surface area contributed by atoms with Crippen LogP contribution in [0.3, 0.4) is 0 Å². The second-order valence-corrected chi connectivity index (χ2v) is 8.80. The molecule has 1 aliphatic heterocycles. The maximum atomic E-state index is 10.3. The van der Waals surface area contributed by atoms with Gasteiger partial charge in [0, 0.05) is 28.6 Å². The van der Waals surface area contributed by atoms with Gasteiger partial charge in [-0.05, 0) is 5.56 Å². The fourth-order valence-electron chi connectivity index (χ4n) is 2.44. The molecule has 21 heavy (non-hydrogen) atoms. The van der Waals surface area contributed by atoms with Crippen LogP contribution in [-0.4, -0.2) is 26.8 Å². The first-order valence-corrected chi connectivity index (χ1v) is 10.1. The molecule has 0 radical (unpaired) electrons. The lowest BCUT2D eigenvalue weighted by atomic mass is 10.1. The van der Waals surface area contributed by atoms with E-state index in [-0.39, 0.29) is 0 Å². The van der Waals surface area contributed by atoms with Crippen LogP contribution < -0.4 is 0 Å². The summed E-state index contributed by atoms with van der Waals surface area (Å²) in [6, 6.07) is 9.82. The fourth-order valence-corrected chi connectivity index (χ4v) is 6.45. The molecule has 3 atom stereocenters. The van der Waals surface area contributed by atoms with Gasteiger partial charge in [0.2, 0.25) is 0 Å². The van der Waals surface area contributed by atoms with Gasteiger partial charge in [-0.1, -0.05) is 37.3 Å². The Balaban J connectivity index is 1.67. The Bertz CT molecular complexity index is 572. The van der Waals surface area contributed by atoms with Crippen LogP contribution in [0.1, 0.15) is 34.5 Å². The zero-order valence-electron chi connectivity index (χ0n) is 11.9. The normalized spacial score (nSPS) is 23.9. The summed E-state index contributed by atoms with van der Waals surface area (Å²) < 4.78 is 0. The van der Waals surface area contributed by atoms with E-state index in [1.165, 1.54) is 16.5 Å². The van der Waals surface area contributed by atoms with E-state index in [4.69, 9.17) is 4.98 Å². The quantitative estimate of drug-likeness (QED) is 0.900. The van der Waals surface area contributed by atoms with Crippen molar-refractivity contribution in [3.05, 3.63) is 52.0 Å². The third kappa shape index (κ3) is 3.83. The van der Waals surface area contributed by atoms with Crippen molar-refractivity contribution in [3.8, 4) is 0 Å². The number of benzene rings is 1. The number of thioether (sulfide) groups is 2. The molecule has 3 unspecified atom stereocenters. The van der Waals surface area contributed by atoms with Crippen LogP contribution in [0.25, 0.3) is 0 Å². The van der Waals surface area contributed by atoms with Crippen molar-refractivity contribution in [2.75, 3.05) is 11.5 Å². The fraction of sp³-hybridized carbons (Fsp3) is 0.438. The number of thiazole rings is 1. The highest BCUT2D eigenvalue weighted by Gasteiger charge is 2.26. The Hall–Kier alpha value is -0.490. The Morgan fingerprint density at radius 1 is 1.24 bits per heavy atom. The van der Waals surface area contributed by atoms with Crippen LogP contribution in [0, 0.1) is 0 Å². The smallest absolute Gasteiger partial charge is 0.107 e. The van der Waals surface area contributed by atoms with Gasteiger partial charge in [-0.15, -0.1) is 23.1 Å². The first-order chi connectivity index (χ1) is 10.2. The number of hydrogen-bond donors (Lipinski definition) is 1. The molecule has 112 valence electrons. The van der Waals surface area contributed by atoms with E-state index in [1.54, 1.807) is 11.3 Å². The SMILES string of the molecule is CC1SCCSC1c1nc(CC(O)c2ccccc2)cs1. The minimum Gasteiger partial charge on any atom is -0.388 e. The van der Waals surface area contributed by atoms with Crippen molar-refractivity contribution in [1.29, 1.82) is 0 Å². The summed E-state index contributed by atoms with van der Waals surface area (Å²) in [7, 11) is 0. The van der Waals surface area contributed by atoms with Gasteiger partial charge in [-0.25, -0.2) is 4.98 Å². The summed E-state index contributed by atoms with van der Waals surface area (Å²) in [6.07, 6.45) is 0.131. The molecule has 0 bridgehead atoms. The summed E-state index contributed by atoms with van der Waals surface area (Å²) in [4.78, 5) is 4.77. The zero-order chi connectivity index (χ0) is 14.7. The molecule has 2 heterocycles. The van der Waals surface area contributed by atoms with E-state index >= 15 is 0 Å². The van der Waals surface area contributed by atoms with Gasteiger partial charge >= 0.3 is 0 Å². The summed E-state index contributed by atoms with van der Waals surface area (Å²) in [6.45, 7) is 2.29. The number of rotatable bonds is 4. The van der Waals surface area contributed by atoms with Crippen molar-refractivity contribution in [3.63, 3.8) is 0 Å². The topological polar surface area (TPSA) is 33.1 Å². The lowest BCUT2D eigenvalue weighted by Crippen LogP contribution is -2.15. The molecule has 2 aromatic rings. The summed E-state index contributed by atoms with van der Waals surface area (Å²) in [5.74, 6) is 2.45. The Morgan fingerprint density at radius 2 is 2.00 bits per heavy atom. The van der Waals surface area contributed by atoms with Crippen LogP contribution in [-0.2, 0) is 6.42 Å². The standard InChI is InChI=1S/C16H19NOS3/c1-11-15(20-8-7-19-11)16-17-13(10-21-16)9-14(18)12-5-3-2-4-6-12/h2-6,10-11,14-15,18H,7-9H2,1H3. The molecule has 1 N–H and O–H groups in total. The van der Waals surface area contributed by atoms with Gasteiger partial charge in [-0.2, -0.15) is 11.8 Å². The van der Waals surface area contributed by atoms with Gasteiger partial charge in [-0.3, -0.25) is 0 Å². The molecule has 2 nitrogen and oxygen atoms in total. The minimum absolute atomic E-state index is 0.466. The molecular weight excluding hydrogens is 318 g/mol. The summed E-state index contributed by atoms with van der Waals surface area (Å²) in [5, 5.41) is 14.8. The number of hydrogen-bond acceptors (Lipinski definition) is 5. The predicted molar refractivity (Wildman–Crippen MR) is 94.3 cm³/mol. The van der Waals surface area contributed by atoms with Crippen molar-refractivity contribution < 1.29 is 5.11 Å². The molecule has 0 amide bonds. The molecule has 1 aliphatic rings. The average molecular weight is 338 g/mol. The highest BCUT2D eigenvalue weighted by molar-refractivity contribution is 8.06. The number of aliphatic hydroxyl groups is 1. The van der Waals surface area contributed by atoms with Gasteiger partial charge in [0.15, 0.2) is 0 Å². The molecular formula is C16H19NOS3. The third-order valence-corrected chi connectivity index (χ3v) is 7.81. The molecule has 0 saturated carbocycles. The molecule has 1 saturated heterocycles. The molecule has 1 aromatic carbocycles. The monoisotopic (exact) mass is 337 g/mol. The Labute approximate surface area is 138 Å². The van der Waals surface area contributed by atoms with Crippen molar-refractivity contribution >= 4 is 34.9 Å². The third-order valence-electron chi connectivity index (χ3n) is 3.59. The second-order valence-electron chi connectivity index (χ2n) is 5.17. The van der Waals surface area contributed by atoms with E-state index in [1.807, 2.05) is 53.9 Å². The Kier molecular flexibility index (Phi) is 5.27. The van der Waals surface area contributed by atoms with Crippen molar-refractivity contribution in [1.82, 2.24) is 4.98 Å². The van der Waals surface area contributed by atoms with Crippen molar-refractivity contribution in [2.24, 2.45) is 0 Å². The van der Waals surface area contributed by atoms with Crippen LogP contribution >= 0.6 is 34.9 Å². The van der Waals surface area contributed by atoms with Crippen molar-refractivity contribution in [2.45, 2.75) is 29.9 Å². The zero-order valence-corrected chi connectivity index (χ0v) is 14.4. The maximum absolute atomic E-state index is 10.3. The molecule has 1 aromatic heterocycles. The maximum Gasteiger partial charge on any atom is 0.107 e. The van der Waals surface area contributed by atoms with Crippen LogP contribution in [0.5, 0.6) is 0 Å². The number of nitrogens with zero attached hydrogens (tertiary/aromatic N) is 1. The summed E-state index contributed by atoms with van der Waals surface area (Å²) in [5.41, 5.74) is 1.97. The second kappa shape index (κ2) is 7.18. The van der Waals surface area contributed by atoms with Crippen LogP contribution in [0.4, 0.5) is 0 Å². The van der Waals surface area contributed by atoms with E-state index in [0.717, 1.165) is 11.3 Å². The lowest BCUT2D eigenvalue weighted by molar-refractivity contribution is 0.177. The molecule has 3 rings (SSSR count). The van der Waals surface area contributed by atoms with E-state index < -0.39 is 6.10 Å². The van der Waals surface area contributed by atoms with Gasteiger partial charge in [0.05, 0.1) is 17.0 Å². The molecule has 0 spiro atoms. The number of aromatic nitrogens is 1. The molecule has 5 heteroatoms. The molecule has 1 fully saturated rings. The van der Waals surface area contributed by atoms with E-state index in [0.29, 0.717) is 16.9 Å². The average Bonchev–Trinajstić information content (AvgIpc) is 2.97. The summed E-state index contributed by atoms with van der Waals surface area (Å²) >= 11 is 5.80. The molecule has 0 aliphatic carbocycles. The van der Waals surface area contributed by atoms with Gasteiger partial charge in [0.25, 0.3) is 0 Å². The number of aliphatic hydroxyl groups excluding tert-OH is 1. The highest BCUT2D eigenvalue weighted by atomic mass is 32.2. The van der Waals surface area contributed by atoms with Gasteiger partial charge < -0.3 is 5.11 Å². The first kappa shape index (κ1) is 15.4. The van der Waals surface area contributed by atoms with Crippen LogP contribution in [0.15, 0.2) is 35.7 Å². The van der Waals surface area contributed by atoms with E-state index in [9.17, 15) is 5.11 Å².